The van der Waals surface area contributed by atoms with Crippen LogP contribution in [0.1, 0.15) is 29.6 Å². The molecule has 0 spiro atoms. The average Bonchev–Trinajstić information content (AvgIpc) is 2.45. The number of carboxylic acid groups (broad SMARTS) is 1. The number of nitrogens with one attached hydrogen (secondary N) is 1. The fourth-order valence-corrected chi connectivity index (χ4v) is 2.26. The van der Waals surface area contributed by atoms with Crippen molar-refractivity contribution >= 4 is 17.3 Å². The molecule has 6 nitrogen and oxygen atoms in total. The molecule has 0 radical (unpaired) electrons. The highest BCUT2D eigenvalue weighted by atomic mass is 16.6. The lowest BCUT2D eigenvalue weighted by Gasteiger charge is -2.18. The van der Waals surface area contributed by atoms with E-state index in [1.807, 2.05) is 0 Å². The van der Waals surface area contributed by atoms with Crippen molar-refractivity contribution in [2.45, 2.75) is 19.3 Å². The first-order valence-corrected chi connectivity index (χ1v) is 6.48. The van der Waals surface area contributed by atoms with Gasteiger partial charge in [0.15, 0.2) is 0 Å². The Kier molecular flexibility index (Phi) is 4.34. The first kappa shape index (κ1) is 14.0. The van der Waals surface area contributed by atoms with E-state index in [0.717, 1.165) is 25.3 Å². The topological polar surface area (TPSA) is 92.5 Å². The van der Waals surface area contributed by atoms with Gasteiger partial charge in [-0.3, -0.25) is 10.1 Å². The third-order valence-electron chi connectivity index (χ3n) is 3.40. The molecule has 106 valence electrons. The summed E-state index contributed by atoms with van der Waals surface area (Å²) in [7, 11) is 0. The molecule has 1 unspecified atom stereocenters. The highest BCUT2D eigenvalue weighted by molar-refractivity contribution is 5.89. The molecule has 1 atom stereocenters. The number of rotatable bonds is 5. The lowest BCUT2D eigenvalue weighted by Crippen LogP contribution is -2.16. The van der Waals surface area contributed by atoms with Crippen LogP contribution >= 0.6 is 0 Å². The standard InChI is InChI=1S/C14H16N2O4/c17-14(18)11-6-7-12(13(8-11)16(19)20)15-9-10-4-2-1-3-5-10/h1-2,6-8,10,15H,3-5,9H2,(H,17,18). The Bertz CT molecular complexity index is 554. The number of benzene rings is 1. The van der Waals surface area contributed by atoms with Crippen molar-refractivity contribution in [2.75, 3.05) is 11.9 Å². The predicted molar refractivity (Wildman–Crippen MR) is 75.0 cm³/mol. The summed E-state index contributed by atoms with van der Waals surface area (Å²) in [4.78, 5) is 21.3. The Hall–Kier alpha value is -2.37. The van der Waals surface area contributed by atoms with Crippen molar-refractivity contribution in [3.8, 4) is 0 Å². The minimum absolute atomic E-state index is 0.0807. The van der Waals surface area contributed by atoms with Gasteiger partial charge in [0.25, 0.3) is 5.69 Å². The van der Waals surface area contributed by atoms with E-state index in [0.29, 0.717) is 18.2 Å². The fraction of sp³-hybridized carbons (Fsp3) is 0.357. The molecule has 1 aromatic carbocycles. The van der Waals surface area contributed by atoms with Crippen LogP contribution in [0.5, 0.6) is 0 Å². The Labute approximate surface area is 116 Å². The third-order valence-corrected chi connectivity index (χ3v) is 3.40. The molecule has 20 heavy (non-hydrogen) atoms. The molecule has 0 amide bonds. The Morgan fingerprint density at radius 3 is 2.85 bits per heavy atom. The number of allylic oxidation sites excluding steroid dienone is 2. The zero-order valence-corrected chi connectivity index (χ0v) is 10.9. The van der Waals surface area contributed by atoms with Gasteiger partial charge in [-0.25, -0.2) is 4.79 Å². The first-order chi connectivity index (χ1) is 9.58. The second-order valence-electron chi connectivity index (χ2n) is 4.83. The molecule has 0 aliphatic heterocycles. The largest absolute Gasteiger partial charge is 0.478 e. The summed E-state index contributed by atoms with van der Waals surface area (Å²) in [5, 5.41) is 22.9. The van der Waals surface area contributed by atoms with Gasteiger partial charge in [0.2, 0.25) is 0 Å². The van der Waals surface area contributed by atoms with Crippen LogP contribution in [0.25, 0.3) is 0 Å². The molecule has 6 heteroatoms. The summed E-state index contributed by atoms with van der Waals surface area (Å²) in [6, 6.07) is 3.92. The van der Waals surface area contributed by atoms with Gasteiger partial charge < -0.3 is 10.4 Å². The van der Waals surface area contributed by atoms with E-state index in [9.17, 15) is 14.9 Å². The Morgan fingerprint density at radius 2 is 2.25 bits per heavy atom. The fourth-order valence-electron chi connectivity index (χ4n) is 2.26. The highest BCUT2D eigenvalue weighted by Crippen LogP contribution is 2.27. The van der Waals surface area contributed by atoms with Gasteiger partial charge in [-0.1, -0.05) is 12.2 Å². The van der Waals surface area contributed by atoms with Crippen molar-refractivity contribution in [2.24, 2.45) is 5.92 Å². The zero-order valence-electron chi connectivity index (χ0n) is 10.9. The predicted octanol–water partition coefficient (Wildman–Crippen LogP) is 3.06. The maximum Gasteiger partial charge on any atom is 0.335 e. The molecule has 0 heterocycles. The number of nitrogens with zero attached hydrogens (tertiary/aromatic N) is 1. The minimum atomic E-state index is -1.17. The van der Waals surface area contributed by atoms with E-state index in [1.165, 1.54) is 12.1 Å². The second-order valence-corrected chi connectivity index (χ2v) is 4.83. The van der Waals surface area contributed by atoms with E-state index in [4.69, 9.17) is 5.11 Å². The van der Waals surface area contributed by atoms with Crippen LogP contribution in [0.3, 0.4) is 0 Å². The molecule has 0 saturated carbocycles. The quantitative estimate of drug-likeness (QED) is 0.490. The number of hydrogen-bond acceptors (Lipinski definition) is 4. The van der Waals surface area contributed by atoms with Crippen LogP contribution in [-0.4, -0.2) is 22.5 Å². The van der Waals surface area contributed by atoms with Gasteiger partial charge in [0, 0.05) is 12.6 Å². The van der Waals surface area contributed by atoms with Crippen molar-refractivity contribution in [3.05, 3.63) is 46.0 Å². The summed E-state index contributed by atoms with van der Waals surface area (Å²) in [5.41, 5.74) is 0.0913. The molecular weight excluding hydrogens is 260 g/mol. The summed E-state index contributed by atoms with van der Waals surface area (Å²) >= 11 is 0. The number of anilines is 1. The van der Waals surface area contributed by atoms with Crippen molar-refractivity contribution in [1.82, 2.24) is 0 Å². The van der Waals surface area contributed by atoms with Gasteiger partial charge in [0.05, 0.1) is 10.5 Å². The van der Waals surface area contributed by atoms with E-state index in [2.05, 4.69) is 17.5 Å². The number of nitro benzene ring substituents is 1. The molecule has 0 saturated heterocycles. The van der Waals surface area contributed by atoms with Gasteiger partial charge in [-0.2, -0.15) is 0 Å². The van der Waals surface area contributed by atoms with Crippen molar-refractivity contribution in [1.29, 1.82) is 0 Å². The minimum Gasteiger partial charge on any atom is -0.478 e. The summed E-state index contributed by atoms with van der Waals surface area (Å²) < 4.78 is 0. The molecule has 1 aliphatic rings. The van der Waals surface area contributed by atoms with Crippen LogP contribution in [0.2, 0.25) is 0 Å². The SMILES string of the molecule is O=C(O)c1ccc(NCC2CC=CCC2)c([N+](=O)[O-])c1. The van der Waals surface area contributed by atoms with Crippen molar-refractivity contribution < 1.29 is 14.8 Å². The summed E-state index contributed by atoms with van der Waals surface area (Å²) in [5.74, 6) is -0.712. The van der Waals surface area contributed by atoms with Crippen LogP contribution in [-0.2, 0) is 0 Å². The van der Waals surface area contributed by atoms with Crippen LogP contribution in [0, 0.1) is 16.0 Å². The zero-order chi connectivity index (χ0) is 14.5. The number of carbonyl (C=O) groups is 1. The Morgan fingerprint density at radius 1 is 1.45 bits per heavy atom. The van der Waals surface area contributed by atoms with Crippen LogP contribution in [0.15, 0.2) is 30.4 Å². The number of carboxylic acids is 1. The van der Waals surface area contributed by atoms with Gasteiger partial charge >= 0.3 is 5.97 Å². The molecule has 2 rings (SSSR count). The number of nitro groups is 1. The van der Waals surface area contributed by atoms with Gasteiger partial charge in [-0.05, 0) is 37.3 Å². The summed E-state index contributed by atoms with van der Waals surface area (Å²) in [6.07, 6.45) is 7.32. The number of aromatic carboxylic acids is 1. The normalized spacial score (nSPS) is 17.7. The maximum absolute atomic E-state index is 11.0. The van der Waals surface area contributed by atoms with E-state index >= 15 is 0 Å². The summed E-state index contributed by atoms with van der Waals surface area (Å²) in [6.45, 7) is 0.650. The highest BCUT2D eigenvalue weighted by Gasteiger charge is 2.18. The molecule has 1 aliphatic carbocycles. The average molecular weight is 276 g/mol. The molecule has 0 bridgehead atoms. The van der Waals surface area contributed by atoms with Crippen molar-refractivity contribution in [3.63, 3.8) is 0 Å². The van der Waals surface area contributed by atoms with Crippen LogP contribution in [0.4, 0.5) is 11.4 Å². The van der Waals surface area contributed by atoms with E-state index in [1.54, 1.807) is 0 Å². The van der Waals surface area contributed by atoms with Gasteiger partial charge in [-0.15, -0.1) is 0 Å². The monoisotopic (exact) mass is 276 g/mol. The molecule has 0 aromatic heterocycles. The van der Waals surface area contributed by atoms with Crippen LogP contribution < -0.4 is 5.32 Å². The molecule has 0 fully saturated rings. The first-order valence-electron chi connectivity index (χ1n) is 6.48. The Balaban J connectivity index is 2.12. The van der Waals surface area contributed by atoms with E-state index < -0.39 is 10.9 Å². The molecule has 2 N–H and O–H groups in total. The second kappa shape index (κ2) is 6.18. The number of hydrogen-bond donors (Lipinski definition) is 2. The maximum atomic E-state index is 11.0. The van der Waals surface area contributed by atoms with Gasteiger partial charge in [0.1, 0.15) is 5.69 Å². The van der Waals surface area contributed by atoms with E-state index in [-0.39, 0.29) is 11.3 Å². The third kappa shape index (κ3) is 3.34. The lowest BCUT2D eigenvalue weighted by molar-refractivity contribution is -0.384. The lowest BCUT2D eigenvalue weighted by atomic mass is 9.94. The smallest absolute Gasteiger partial charge is 0.335 e. The molecule has 1 aromatic rings. The molecular formula is C14H16N2O4.